The Morgan fingerprint density at radius 2 is 1.88 bits per heavy atom. The number of aliphatic hydroxyl groups excluding tert-OH is 1. The third-order valence-electron chi connectivity index (χ3n) is 6.72. The van der Waals surface area contributed by atoms with E-state index in [1.165, 1.54) is 4.31 Å². The molecule has 4 rings (SSSR count). The Bertz CT molecular complexity index is 962. The maximum absolute atomic E-state index is 12.7. The third kappa shape index (κ3) is 5.89. The summed E-state index contributed by atoms with van der Waals surface area (Å²) >= 11 is 0. The summed E-state index contributed by atoms with van der Waals surface area (Å²) in [6.45, 7) is 5.99. The zero-order chi connectivity index (χ0) is 24.6. The van der Waals surface area contributed by atoms with E-state index in [0.29, 0.717) is 19.3 Å². The van der Waals surface area contributed by atoms with Crippen molar-refractivity contribution in [3.05, 3.63) is 35.9 Å². The van der Waals surface area contributed by atoms with E-state index in [9.17, 15) is 18.3 Å². The Hall–Kier alpha value is -1.76. The maximum Gasteiger partial charge on any atom is 0.407 e. The topological polar surface area (TPSA) is 124 Å². The minimum atomic E-state index is -4.01. The molecule has 3 saturated heterocycles. The molecular weight excluding hydrogens is 464 g/mol. The number of benzene rings is 1. The van der Waals surface area contributed by atoms with E-state index < -0.39 is 40.2 Å². The molecule has 3 heterocycles. The number of carbonyl (C=O) groups is 1. The highest BCUT2D eigenvalue weighted by Gasteiger charge is 2.53. The van der Waals surface area contributed by atoms with Gasteiger partial charge in [-0.15, -0.1) is 0 Å². The summed E-state index contributed by atoms with van der Waals surface area (Å²) in [6.07, 6.45) is -1.56. The Balaban J connectivity index is 1.22. The normalized spacial score (nSPS) is 30.6. The summed E-state index contributed by atoms with van der Waals surface area (Å²) < 4.78 is 48.8. The third-order valence-corrected chi connectivity index (χ3v) is 8.15. The van der Waals surface area contributed by atoms with Gasteiger partial charge in [-0.25, -0.2) is 4.79 Å². The van der Waals surface area contributed by atoms with Crippen LogP contribution in [0.3, 0.4) is 0 Å². The number of piperidine rings is 1. The van der Waals surface area contributed by atoms with Gasteiger partial charge in [0.1, 0.15) is 24.9 Å². The Morgan fingerprint density at radius 1 is 1.21 bits per heavy atom. The predicted octanol–water partition coefficient (Wildman–Crippen LogP) is 1.72. The van der Waals surface area contributed by atoms with Gasteiger partial charge in [-0.1, -0.05) is 30.3 Å². The van der Waals surface area contributed by atoms with Crippen LogP contribution in [0, 0.1) is 0 Å². The van der Waals surface area contributed by atoms with Crippen LogP contribution in [-0.4, -0.2) is 79.2 Å². The van der Waals surface area contributed by atoms with Gasteiger partial charge in [0.15, 0.2) is 0 Å². The van der Waals surface area contributed by atoms with Crippen molar-refractivity contribution in [3.63, 3.8) is 0 Å². The van der Waals surface area contributed by atoms with E-state index in [4.69, 9.17) is 18.4 Å². The summed E-state index contributed by atoms with van der Waals surface area (Å²) in [5.74, 6) is 0. The van der Waals surface area contributed by atoms with E-state index in [-0.39, 0.29) is 38.0 Å². The summed E-state index contributed by atoms with van der Waals surface area (Å²) in [7, 11) is -4.01. The van der Waals surface area contributed by atoms with Crippen LogP contribution in [0.15, 0.2) is 30.3 Å². The highest BCUT2D eigenvalue weighted by Crippen LogP contribution is 2.39. The molecule has 0 aliphatic carbocycles. The molecule has 3 aliphatic rings. The number of amides is 1. The number of hydrogen-bond acceptors (Lipinski definition) is 8. The molecule has 0 bridgehead atoms. The van der Waals surface area contributed by atoms with Crippen molar-refractivity contribution in [2.75, 3.05) is 19.7 Å². The molecule has 0 saturated carbocycles. The number of hydrogen-bond donors (Lipinski definition) is 2. The molecule has 0 aromatic heterocycles. The fraction of sp³-hybridized carbons (Fsp3) is 0.696. The molecule has 10 nitrogen and oxygen atoms in total. The first-order valence-corrected chi connectivity index (χ1v) is 13.0. The van der Waals surface area contributed by atoms with Crippen molar-refractivity contribution >= 4 is 16.4 Å². The minimum Gasteiger partial charge on any atom is -0.445 e. The fourth-order valence-corrected chi connectivity index (χ4v) is 5.81. The summed E-state index contributed by atoms with van der Waals surface area (Å²) in [5, 5.41) is 13.3. The number of nitrogens with zero attached hydrogens (tertiary/aromatic N) is 1. The standard InChI is InChI=1S/C23H34N2O8S/c1-22(2)13-17-20(33-22)19(26)18(32-17)15-31-34(28,29)25-11-9-23(3,10-12-25)24-21(27)30-14-16-7-5-4-6-8-16/h4-8,17-20,26H,9-15H2,1-3H3,(H,24,27)/t17-,18-,19+,20+/m1/s1. The Labute approximate surface area is 200 Å². The van der Waals surface area contributed by atoms with Crippen LogP contribution in [0.5, 0.6) is 0 Å². The van der Waals surface area contributed by atoms with Gasteiger partial charge in [-0.3, -0.25) is 4.18 Å². The van der Waals surface area contributed by atoms with Gasteiger partial charge in [0, 0.05) is 25.0 Å². The first kappa shape index (κ1) is 25.3. The molecule has 4 atom stereocenters. The lowest BCUT2D eigenvalue weighted by Gasteiger charge is -2.38. The van der Waals surface area contributed by atoms with E-state index in [2.05, 4.69) is 5.32 Å². The average molecular weight is 499 g/mol. The highest BCUT2D eigenvalue weighted by molar-refractivity contribution is 7.84. The SMILES string of the molecule is CC1(NC(=O)OCc2ccccc2)CCN(S(=O)(=O)OC[C@H]2O[C@@H]3CC(C)(C)O[C@@H]3[C@H]2O)CC1. The van der Waals surface area contributed by atoms with Crippen LogP contribution in [0.25, 0.3) is 0 Å². The van der Waals surface area contributed by atoms with Gasteiger partial charge in [0.05, 0.1) is 18.3 Å². The lowest BCUT2D eigenvalue weighted by Crippen LogP contribution is -2.54. The zero-order valence-electron chi connectivity index (χ0n) is 19.8. The number of rotatable bonds is 7. The van der Waals surface area contributed by atoms with Crippen LogP contribution in [0.2, 0.25) is 0 Å². The van der Waals surface area contributed by atoms with Crippen molar-refractivity contribution in [1.29, 1.82) is 0 Å². The molecule has 2 N–H and O–H groups in total. The quantitative estimate of drug-likeness (QED) is 0.583. The van der Waals surface area contributed by atoms with Gasteiger partial charge in [-0.05, 0) is 39.2 Å². The number of ether oxygens (including phenoxy) is 3. The number of fused-ring (bicyclic) bond motifs is 1. The zero-order valence-corrected chi connectivity index (χ0v) is 20.6. The van der Waals surface area contributed by atoms with E-state index in [1.54, 1.807) is 0 Å². The Morgan fingerprint density at radius 3 is 2.53 bits per heavy atom. The van der Waals surface area contributed by atoms with Crippen LogP contribution in [-0.2, 0) is 35.3 Å². The lowest BCUT2D eigenvalue weighted by molar-refractivity contribution is -0.0783. The molecule has 1 amide bonds. The van der Waals surface area contributed by atoms with Crippen LogP contribution in [0.1, 0.15) is 45.6 Å². The molecule has 34 heavy (non-hydrogen) atoms. The Kier molecular flexibility index (Phi) is 7.24. The van der Waals surface area contributed by atoms with E-state index in [1.807, 2.05) is 51.1 Å². The second kappa shape index (κ2) is 9.71. The number of alkyl carbamates (subject to hydrolysis) is 1. The molecule has 3 fully saturated rings. The van der Waals surface area contributed by atoms with E-state index >= 15 is 0 Å². The molecule has 11 heteroatoms. The monoisotopic (exact) mass is 498 g/mol. The highest BCUT2D eigenvalue weighted by atomic mass is 32.2. The van der Waals surface area contributed by atoms with Crippen molar-refractivity contribution < 1.29 is 36.7 Å². The molecule has 0 radical (unpaired) electrons. The van der Waals surface area contributed by atoms with Gasteiger partial charge >= 0.3 is 16.4 Å². The van der Waals surface area contributed by atoms with Crippen LogP contribution in [0.4, 0.5) is 4.79 Å². The first-order valence-electron chi connectivity index (χ1n) is 11.6. The van der Waals surface area contributed by atoms with Gasteiger partial charge in [0.25, 0.3) is 0 Å². The van der Waals surface area contributed by atoms with Crippen molar-refractivity contribution in [1.82, 2.24) is 9.62 Å². The largest absolute Gasteiger partial charge is 0.445 e. The number of carbonyl (C=O) groups excluding carboxylic acids is 1. The van der Waals surface area contributed by atoms with Crippen molar-refractivity contribution in [3.8, 4) is 0 Å². The molecule has 0 spiro atoms. The fourth-order valence-electron chi connectivity index (χ4n) is 4.72. The van der Waals surface area contributed by atoms with Crippen molar-refractivity contribution in [2.45, 2.75) is 82.2 Å². The average Bonchev–Trinajstić information content (AvgIpc) is 3.23. The summed E-state index contributed by atoms with van der Waals surface area (Å²) in [4.78, 5) is 12.2. The van der Waals surface area contributed by atoms with Crippen LogP contribution < -0.4 is 5.32 Å². The molecule has 0 unspecified atom stereocenters. The van der Waals surface area contributed by atoms with Crippen molar-refractivity contribution in [2.24, 2.45) is 0 Å². The second-order valence-corrected chi connectivity index (χ2v) is 11.7. The molecule has 1 aromatic carbocycles. The van der Waals surface area contributed by atoms with E-state index in [0.717, 1.165) is 5.56 Å². The number of aliphatic hydroxyl groups is 1. The van der Waals surface area contributed by atoms with Gasteiger partial charge < -0.3 is 24.6 Å². The van der Waals surface area contributed by atoms with Gasteiger partial charge in [-0.2, -0.15) is 12.7 Å². The first-order chi connectivity index (χ1) is 16.0. The molecule has 1 aromatic rings. The van der Waals surface area contributed by atoms with Crippen LogP contribution >= 0.6 is 0 Å². The molecule has 190 valence electrons. The molecular formula is C23H34N2O8S. The lowest BCUT2D eigenvalue weighted by atomic mass is 9.91. The number of nitrogens with one attached hydrogen (secondary N) is 1. The minimum absolute atomic E-state index is 0.163. The van der Waals surface area contributed by atoms with Gasteiger partial charge in [0.2, 0.25) is 0 Å². The molecule has 3 aliphatic heterocycles. The predicted molar refractivity (Wildman–Crippen MR) is 122 cm³/mol. The summed E-state index contributed by atoms with van der Waals surface area (Å²) in [5.41, 5.74) is -0.0841. The summed E-state index contributed by atoms with van der Waals surface area (Å²) in [6, 6.07) is 9.37. The maximum atomic E-state index is 12.7. The smallest absolute Gasteiger partial charge is 0.407 e. The second-order valence-electron chi connectivity index (χ2n) is 10.1.